The Hall–Kier alpha value is -2.02. The fourth-order valence-electron chi connectivity index (χ4n) is 2.30. The van der Waals surface area contributed by atoms with Crippen LogP contribution in [-0.2, 0) is 11.2 Å². The first-order chi connectivity index (χ1) is 11.1. The lowest BCUT2D eigenvalue weighted by Gasteiger charge is -2.38. The number of benzene rings is 1. The number of amides is 1. The van der Waals surface area contributed by atoms with Crippen molar-refractivity contribution < 1.29 is 13.9 Å². The summed E-state index contributed by atoms with van der Waals surface area (Å²) in [6.45, 7) is 5.09. The van der Waals surface area contributed by atoms with Gasteiger partial charge in [0.15, 0.2) is 0 Å². The summed E-state index contributed by atoms with van der Waals surface area (Å²) in [5.41, 5.74) is 1.25. The maximum absolute atomic E-state index is 12.1. The molecule has 0 N–H and O–H groups in total. The van der Waals surface area contributed by atoms with Crippen LogP contribution in [0, 0.1) is 6.92 Å². The van der Waals surface area contributed by atoms with Gasteiger partial charge in [-0.15, -0.1) is 10.2 Å². The molecule has 0 atom stereocenters. The average molecular weight is 333 g/mol. The number of likely N-dealkylation sites (tertiary alicyclic amines) is 1. The highest BCUT2D eigenvalue weighted by Gasteiger charge is 2.32. The van der Waals surface area contributed by atoms with Crippen LogP contribution in [0.2, 0.25) is 0 Å². The van der Waals surface area contributed by atoms with Crippen LogP contribution in [0.4, 0.5) is 0 Å². The molecule has 23 heavy (non-hydrogen) atoms. The highest BCUT2D eigenvalue weighted by atomic mass is 32.2. The van der Waals surface area contributed by atoms with Crippen molar-refractivity contribution in [3.8, 4) is 5.75 Å². The molecule has 2 heterocycles. The number of ether oxygens (including phenoxy) is 1. The van der Waals surface area contributed by atoms with Gasteiger partial charge in [0.1, 0.15) is 11.9 Å². The van der Waals surface area contributed by atoms with Gasteiger partial charge < -0.3 is 14.1 Å². The molecule has 0 radical (unpaired) electrons. The second-order valence-corrected chi connectivity index (χ2v) is 6.34. The zero-order valence-electron chi connectivity index (χ0n) is 13.2. The van der Waals surface area contributed by atoms with E-state index in [0.717, 1.165) is 12.2 Å². The van der Waals surface area contributed by atoms with Crippen molar-refractivity contribution in [2.24, 2.45) is 0 Å². The molecule has 1 fully saturated rings. The smallest absolute Gasteiger partial charge is 0.277 e. The van der Waals surface area contributed by atoms with Crippen molar-refractivity contribution in [2.45, 2.75) is 31.6 Å². The van der Waals surface area contributed by atoms with Crippen LogP contribution in [-0.4, -0.2) is 46.0 Å². The highest BCUT2D eigenvalue weighted by Crippen LogP contribution is 2.22. The zero-order valence-corrected chi connectivity index (χ0v) is 14.0. The van der Waals surface area contributed by atoms with Crippen LogP contribution in [0.15, 0.2) is 33.9 Å². The number of rotatable bonds is 6. The molecule has 2 aromatic rings. The predicted octanol–water partition coefficient (Wildman–Crippen LogP) is 2.32. The van der Waals surface area contributed by atoms with Crippen molar-refractivity contribution in [3.63, 3.8) is 0 Å². The number of nitrogens with zero attached hydrogens (tertiary/aromatic N) is 3. The Labute approximate surface area is 139 Å². The molecule has 0 bridgehead atoms. The molecule has 1 aromatic heterocycles. The molecule has 3 rings (SSSR count). The Balaban J connectivity index is 1.42. The number of carbonyl (C=O) groups is 1. The van der Waals surface area contributed by atoms with Gasteiger partial charge in [0.25, 0.3) is 5.22 Å². The third-order valence-corrected chi connectivity index (χ3v) is 4.44. The summed E-state index contributed by atoms with van der Waals surface area (Å²) >= 11 is 1.26. The molecule has 1 saturated heterocycles. The lowest BCUT2D eigenvalue weighted by molar-refractivity contribution is -0.137. The van der Waals surface area contributed by atoms with Gasteiger partial charge in [-0.25, -0.2) is 0 Å². The van der Waals surface area contributed by atoms with Gasteiger partial charge in [-0.3, -0.25) is 4.79 Å². The lowest BCUT2D eigenvalue weighted by Crippen LogP contribution is -2.56. The van der Waals surface area contributed by atoms with Crippen LogP contribution in [0.5, 0.6) is 5.75 Å². The standard InChI is InChI=1S/C16H19N3O3S/c1-3-12-5-4-6-13(7-12)22-14-8-19(9-14)15(20)10-23-16-18-17-11(2)21-16/h4-7,14H,3,8-10H2,1-2H3. The van der Waals surface area contributed by atoms with Crippen molar-refractivity contribution in [3.05, 3.63) is 35.7 Å². The second-order valence-electron chi connectivity index (χ2n) is 5.42. The fourth-order valence-corrected chi connectivity index (χ4v) is 3.01. The summed E-state index contributed by atoms with van der Waals surface area (Å²) in [6.07, 6.45) is 1.06. The molecule has 7 heteroatoms. The summed E-state index contributed by atoms with van der Waals surface area (Å²) in [7, 11) is 0. The van der Waals surface area contributed by atoms with Crippen LogP contribution in [0.3, 0.4) is 0 Å². The Morgan fingerprint density at radius 1 is 1.43 bits per heavy atom. The molecular weight excluding hydrogens is 314 g/mol. The quantitative estimate of drug-likeness (QED) is 0.756. The number of hydrogen-bond acceptors (Lipinski definition) is 6. The van der Waals surface area contributed by atoms with Crippen molar-refractivity contribution >= 4 is 17.7 Å². The lowest BCUT2D eigenvalue weighted by atomic mass is 10.1. The molecule has 1 aliphatic rings. The minimum atomic E-state index is 0.0630. The van der Waals surface area contributed by atoms with E-state index < -0.39 is 0 Å². The number of carbonyl (C=O) groups excluding carboxylic acids is 1. The zero-order chi connectivity index (χ0) is 16.2. The SMILES string of the molecule is CCc1cccc(OC2CN(C(=O)CSc3nnc(C)o3)C2)c1. The summed E-state index contributed by atoms with van der Waals surface area (Å²) in [5.74, 6) is 1.75. The second kappa shape index (κ2) is 7.04. The Bertz CT molecular complexity index is 683. The Morgan fingerprint density at radius 2 is 2.26 bits per heavy atom. The molecule has 0 spiro atoms. The van der Waals surface area contributed by atoms with Gasteiger partial charge in [0, 0.05) is 6.92 Å². The molecule has 1 aromatic carbocycles. The predicted molar refractivity (Wildman–Crippen MR) is 86.6 cm³/mol. The summed E-state index contributed by atoms with van der Waals surface area (Å²) in [6, 6.07) is 8.09. The van der Waals surface area contributed by atoms with E-state index in [1.54, 1.807) is 11.8 Å². The van der Waals surface area contributed by atoms with Crippen LogP contribution in [0.1, 0.15) is 18.4 Å². The summed E-state index contributed by atoms with van der Waals surface area (Å²) in [4.78, 5) is 13.8. The topological polar surface area (TPSA) is 68.5 Å². The summed E-state index contributed by atoms with van der Waals surface area (Å²) < 4.78 is 11.1. The van der Waals surface area contributed by atoms with Crippen molar-refractivity contribution in [1.82, 2.24) is 15.1 Å². The van der Waals surface area contributed by atoms with E-state index in [0.29, 0.717) is 30.0 Å². The molecule has 0 unspecified atom stereocenters. The molecule has 122 valence electrons. The van der Waals surface area contributed by atoms with Gasteiger partial charge in [-0.05, 0) is 24.1 Å². The van der Waals surface area contributed by atoms with E-state index in [1.165, 1.54) is 17.3 Å². The molecular formula is C16H19N3O3S. The molecule has 6 nitrogen and oxygen atoms in total. The van der Waals surface area contributed by atoms with Gasteiger partial charge in [-0.2, -0.15) is 0 Å². The van der Waals surface area contributed by atoms with E-state index in [2.05, 4.69) is 29.3 Å². The molecule has 0 saturated carbocycles. The van der Waals surface area contributed by atoms with Gasteiger partial charge in [0.05, 0.1) is 18.8 Å². The first-order valence-electron chi connectivity index (χ1n) is 7.60. The normalized spacial score (nSPS) is 14.6. The third-order valence-electron chi connectivity index (χ3n) is 3.64. The maximum Gasteiger partial charge on any atom is 0.277 e. The number of hydrogen-bond donors (Lipinski definition) is 0. The van der Waals surface area contributed by atoms with Crippen molar-refractivity contribution in [1.29, 1.82) is 0 Å². The molecule has 0 aliphatic carbocycles. The van der Waals surface area contributed by atoms with E-state index in [4.69, 9.17) is 9.15 Å². The third kappa shape index (κ3) is 4.04. The van der Waals surface area contributed by atoms with E-state index in [-0.39, 0.29) is 12.0 Å². The fraction of sp³-hybridized carbons (Fsp3) is 0.438. The van der Waals surface area contributed by atoms with Gasteiger partial charge in [-0.1, -0.05) is 30.8 Å². The Morgan fingerprint density at radius 3 is 2.96 bits per heavy atom. The minimum Gasteiger partial charge on any atom is -0.487 e. The van der Waals surface area contributed by atoms with Crippen molar-refractivity contribution in [2.75, 3.05) is 18.8 Å². The highest BCUT2D eigenvalue weighted by molar-refractivity contribution is 7.99. The van der Waals surface area contributed by atoms with Crippen LogP contribution in [0.25, 0.3) is 0 Å². The van der Waals surface area contributed by atoms with E-state index in [9.17, 15) is 4.79 Å². The number of aryl methyl sites for hydroxylation is 2. The van der Waals surface area contributed by atoms with E-state index >= 15 is 0 Å². The van der Waals surface area contributed by atoms with Gasteiger partial charge >= 0.3 is 0 Å². The molecule has 1 amide bonds. The Kier molecular flexibility index (Phi) is 4.85. The minimum absolute atomic E-state index is 0.0630. The summed E-state index contributed by atoms with van der Waals surface area (Å²) in [5, 5.41) is 8.02. The molecule has 1 aliphatic heterocycles. The van der Waals surface area contributed by atoms with Crippen LogP contribution >= 0.6 is 11.8 Å². The van der Waals surface area contributed by atoms with Gasteiger partial charge in [0.2, 0.25) is 11.8 Å². The first-order valence-corrected chi connectivity index (χ1v) is 8.59. The maximum atomic E-state index is 12.1. The average Bonchev–Trinajstić information content (AvgIpc) is 2.94. The van der Waals surface area contributed by atoms with Crippen LogP contribution < -0.4 is 4.74 Å². The largest absolute Gasteiger partial charge is 0.487 e. The first kappa shape index (κ1) is 15.9. The van der Waals surface area contributed by atoms with E-state index in [1.807, 2.05) is 12.1 Å². The number of aromatic nitrogens is 2. The monoisotopic (exact) mass is 333 g/mol. The number of thioether (sulfide) groups is 1.